The van der Waals surface area contributed by atoms with Crippen molar-refractivity contribution in [2.75, 3.05) is 0 Å². The number of hydrogen-bond donors (Lipinski definition) is 0. The summed E-state index contributed by atoms with van der Waals surface area (Å²) in [5.74, 6) is 0. The average Bonchev–Trinajstić information content (AvgIpc) is 3.15. The molecule has 0 unspecified atom stereocenters. The third kappa shape index (κ3) is 1.66. The molecule has 0 saturated carbocycles. The standard InChI is InChI=1S/C23H13NO/c1-2-4-17-14(3-1)7-9-19-18(17)11-12-21-20(19)10-8-15-5-6-16-13-24-25-23(16)22(15)21/h1-13H. The molecule has 0 amide bonds. The molecule has 0 aliphatic rings. The van der Waals surface area contributed by atoms with Crippen LogP contribution in [0.3, 0.4) is 0 Å². The summed E-state index contributed by atoms with van der Waals surface area (Å²) < 4.78 is 5.57. The number of nitrogens with zero attached hydrogens (tertiary/aromatic N) is 1. The second-order valence-electron chi connectivity index (χ2n) is 6.52. The van der Waals surface area contributed by atoms with Crippen molar-refractivity contribution in [3.05, 3.63) is 79.0 Å². The fraction of sp³-hybridized carbons (Fsp3) is 0. The third-order valence-electron chi connectivity index (χ3n) is 5.22. The van der Waals surface area contributed by atoms with E-state index in [0.29, 0.717) is 0 Å². The first kappa shape index (κ1) is 13.0. The highest BCUT2D eigenvalue weighted by Gasteiger charge is 2.11. The maximum atomic E-state index is 5.57. The first-order valence-corrected chi connectivity index (χ1v) is 8.40. The van der Waals surface area contributed by atoms with E-state index in [1.165, 1.54) is 37.7 Å². The zero-order chi connectivity index (χ0) is 16.4. The molecule has 0 aliphatic carbocycles. The largest absolute Gasteiger partial charge is 0.356 e. The summed E-state index contributed by atoms with van der Waals surface area (Å²) in [5, 5.41) is 14.9. The Bertz CT molecular complexity index is 1440. The SMILES string of the molecule is c1ccc2c(c1)ccc1c2ccc2c1ccc1ccc3cnoc3c12. The molecule has 0 aliphatic heterocycles. The second kappa shape index (κ2) is 4.58. The van der Waals surface area contributed by atoms with E-state index in [2.05, 4.69) is 78.0 Å². The fourth-order valence-electron chi connectivity index (χ4n) is 4.05. The van der Waals surface area contributed by atoms with Gasteiger partial charge in [-0.1, -0.05) is 71.9 Å². The lowest BCUT2D eigenvalue weighted by Gasteiger charge is -2.10. The van der Waals surface area contributed by atoms with E-state index in [0.717, 1.165) is 16.4 Å². The Morgan fingerprint density at radius 2 is 1.16 bits per heavy atom. The van der Waals surface area contributed by atoms with Crippen molar-refractivity contribution in [1.82, 2.24) is 5.16 Å². The number of fused-ring (bicyclic) bond motifs is 9. The molecule has 6 aromatic rings. The maximum Gasteiger partial charge on any atom is 0.175 e. The highest BCUT2D eigenvalue weighted by atomic mass is 16.5. The van der Waals surface area contributed by atoms with Gasteiger partial charge < -0.3 is 4.52 Å². The number of benzene rings is 5. The van der Waals surface area contributed by atoms with Gasteiger partial charge in [0.25, 0.3) is 0 Å². The molecule has 1 heterocycles. The highest BCUT2D eigenvalue weighted by molar-refractivity contribution is 6.25. The van der Waals surface area contributed by atoms with Crippen molar-refractivity contribution in [3.63, 3.8) is 0 Å². The van der Waals surface area contributed by atoms with E-state index in [-0.39, 0.29) is 0 Å². The molecule has 2 heteroatoms. The monoisotopic (exact) mass is 319 g/mol. The molecule has 6 rings (SSSR count). The number of aromatic nitrogens is 1. The Labute approximate surface area is 143 Å². The summed E-state index contributed by atoms with van der Waals surface area (Å²) in [6.45, 7) is 0. The van der Waals surface area contributed by atoms with Crippen LogP contribution in [0.4, 0.5) is 0 Å². The zero-order valence-electron chi connectivity index (χ0n) is 13.4. The first-order chi connectivity index (χ1) is 12.4. The van der Waals surface area contributed by atoms with Crippen LogP contribution in [0.15, 0.2) is 83.5 Å². The van der Waals surface area contributed by atoms with Gasteiger partial charge >= 0.3 is 0 Å². The Morgan fingerprint density at radius 3 is 2.12 bits per heavy atom. The van der Waals surface area contributed by atoms with Crippen LogP contribution in [-0.2, 0) is 0 Å². The van der Waals surface area contributed by atoms with Gasteiger partial charge in [0.15, 0.2) is 5.58 Å². The Balaban J connectivity index is 1.89. The van der Waals surface area contributed by atoms with E-state index in [9.17, 15) is 0 Å². The topological polar surface area (TPSA) is 26.0 Å². The fourth-order valence-corrected chi connectivity index (χ4v) is 4.05. The molecule has 116 valence electrons. The second-order valence-corrected chi connectivity index (χ2v) is 6.52. The zero-order valence-corrected chi connectivity index (χ0v) is 13.4. The van der Waals surface area contributed by atoms with E-state index >= 15 is 0 Å². The Morgan fingerprint density at radius 1 is 0.520 bits per heavy atom. The van der Waals surface area contributed by atoms with E-state index in [1.54, 1.807) is 6.20 Å². The van der Waals surface area contributed by atoms with Gasteiger partial charge in [0.05, 0.1) is 6.20 Å². The van der Waals surface area contributed by atoms with E-state index in [1.807, 2.05) is 0 Å². The maximum absolute atomic E-state index is 5.57. The lowest BCUT2D eigenvalue weighted by atomic mass is 9.94. The van der Waals surface area contributed by atoms with Crippen molar-refractivity contribution >= 4 is 54.1 Å². The van der Waals surface area contributed by atoms with Crippen molar-refractivity contribution in [3.8, 4) is 0 Å². The number of hydrogen-bond acceptors (Lipinski definition) is 2. The van der Waals surface area contributed by atoms with Crippen LogP contribution >= 0.6 is 0 Å². The summed E-state index contributed by atoms with van der Waals surface area (Å²) in [6.07, 6.45) is 1.78. The van der Waals surface area contributed by atoms with Gasteiger partial charge in [-0.25, -0.2) is 0 Å². The van der Waals surface area contributed by atoms with Crippen LogP contribution in [0.25, 0.3) is 54.1 Å². The highest BCUT2D eigenvalue weighted by Crippen LogP contribution is 2.37. The summed E-state index contributed by atoms with van der Waals surface area (Å²) in [7, 11) is 0. The normalized spacial score (nSPS) is 12.0. The predicted molar refractivity (Wildman–Crippen MR) is 104 cm³/mol. The molecule has 0 bridgehead atoms. The smallest absolute Gasteiger partial charge is 0.175 e. The van der Waals surface area contributed by atoms with Gasteiger partial charge in [-0.15, -0.1) is 0 Å². The average molecular weight is 319 g/mol. The van der Waals surface area contributed by atoms with Crippen LogP contribution in [0.5, 0.6) is 0 Å². The van der Waals surface area contributed by atoms with E-state index < -0.39 is 0 Å². The lowest BCUT2D eigenvalue weighted by molar-refractivity contribution is 0.459. The van der Waals surface area contributed by atoms with Gasteiger partial charge in [-0.3, -0.25) is 0 Å². The van der Waals surface area contributed by atoms with Crippen molar-refractivity contribution in [2.24, 2.45) is 0 Å². The van der Waals surface area contributed by atoms with Gasteiger partial charge in [0.2, 0.25) is 0 Å². The molecule has 5 aromatic carbocycles. The molecular formula is C23H13NO. The van der Waals surface area contributed by atoms with Crippen LogP contribution in [-0.4, -0.2) is 5.16 Å². The first-order valence-electron chi connectivity index (χ1n) is 8.40. The molecular weight excluding hydrogens is 306 g/mol. The lowest BCUT2D eigenvalue weighted by Crippen LogP contribution is -1.83. The summed E-state index contributed by atoms with van der Waals surface area (Å²) in [6, 6.07) is 26.0. The third-order valence-corrected chi connectivity index (χ3v) is 5.22. The molecule has 0 spiro atoms. The quantitative estimate of drug-likeness (QED) is 0.301. The van der Waals surface area contributed by atoms with Crippen LogP contribution in [0.1, 0.15) is 0 Å². The minimum atomic E-state index is 0.864. The molecule has 0 fully saturated rings. The van der Waals surface area contributed by atoms with E-state index in [4.69, 9.17) is 4.52 Å². The Hall–Kier alpha value is -3.39. The van der Waals surface area contributed by atoms with Crippen molar-refractivity contribution in [1.29, 1.82) is 0 Å². The van der Waals surface area contributed by atoms with Crippen LogP contribution in [0, 0.1) is 0 Å². The molecule has 2 nitrogen and oxygen atoms in total. The summed E-state index contributed by atoms with van der Waals surface area (Å²) in [5.41, 5.74) is 0.864. The molecule has 0 atom stereocenters. The molecule has 0 radical (unpaired) electrons. The molecule has 0 N–H and O–H groups in total. The number of rotatable bonds is 0. The van der Waals surface area contributed by atoms with Crippen LogP contribution < -0.4 is 0 Å². The van der Waals surface area contributed by atoms with Crippen LogP contribution in [0.2, 0.25) is 0 Å². The van der Waals surface area contributed by atoms with Gasteiger partial charge in [-0.05, 0) is 43.8 Å². The van der Waals surface area contributed by atoms with Crippen molar-refractivity contribution in [2.45, 2.75) is 0 Å². The summed E-state index contributed by atoms with van der Waals surface area (Å²) in [4.78, 5) is 0. The molecule has 25 heavy (non-hydrogen) atoms. The van der Waals surface area contributed by atoms with Gasteiger partial charge in [-0.2, -0.15) is 0 Å². The minimum Gasteiger partial charge on any atom is -0.356 e. The van der Waals surface area contributed by atoms with Gasteiger partial charge in [0.1, 0.15) is 0 Å². The van der Waals surface area contributed by atoms with Crippen molar-refractivity contribution < 1.29 is 4.52 Å². The minimum absolute atomic E-state index is 0.864. The molecule has 1 aromatic heterocycles. The Kier molecular flexibility index (Phi) is 2.37. The summed E-state index contributed by atoms with van der Waals surface area (Å²) >= 11 is 0. The predicted octanol–water partition coefficient (Wildman–Crippen LogP) is 6.44. The molecule has 0 saturated heterocycles. The van der Waals surface area contributed by atoms with Gasteiger partial charge in [0, 0.05) is 10.8 Å².